The minimum atomic E-state index is -4.96. The first-order valence-electron chi connectivity index (χ1n) is 41.3. The molecular formula is C80H156O17P2. The van der Waals surface area contributed by atoms with Crippen molar-refractivity contribution < 1.29 is 80.2 Å². The zero-order valence-electron chi connectivity index (χ0n) is 65.1. The third kappa shape index (κ3) is 71.5. The Hall–Kier alpha value is -1.94. The van der Waals surface area contributed by atoms with Crippen LogP contribution in [0.15, 0.2) is 0 Å². The molecule has 0 saturated heterocycles. The number of phosphoric acid groups is 2. The number of aliphatic hydroxyl groups is 1. The van der Waals surface area contributed by atoms with Crippen molar-refractivity contribution in [1.82, 2.24) is 0 Å². The van der Waals surface area contributed by atoms with Gasteiger partial charge in [-0.3, -0.25) is 37.3 Å². The first-order chi connectivity index (χ1) is 47.7. The molecule has 0 amide bonds. The molecule has 17 nitrogen and oxygen atoms in total. The normalized spacial score (nSPS) is 14.6. The highest BCUT2D eigenvalue weighted by molar-refractivity contribution is 7.47. The molecule has 0 aliphatic heterocycles. The highest BCUT2D eigenvalue weighted by Crippen LogP contribution is 2.45. The number of hydrogen-bond acceptors (Lipinski definition) is 15. The summed E-state index contributed by atoms with van der Waals surface area (Å²) in [5.41, 5.74) is 0. The summed E-state index contributed by atoms with van der Waals surface area (Å²) in [5, 5.41) is 10.6. The quantitative estimate of drug-likeness (QED) is 0.0222. The SMILES string of the molecule is CCC(C)CCCCCCCCCCCCCCCCCCCCC(=O)OC[C@H](COP(=O)(O)OCC(O)COP(=O)(O)OC[C@@H](COC(=O)CCCCCCCCCC(C)C)OC(=O)CCCCCCCCCCC(C)CC)OC(=O)CCCCCCCCCCCCCCC(C)C. The first-order valence-corrected chi connectivity index (χ1v) is 44.3. The molecule has 0 saturated carbocycles. The Labute approximate surface area is 607 Å². The Bertz CT molecular complexity index is 1940. The van der Waals surface area contributed by atoms with Crippen LogP contribution in [0, 0.1) is 23.7 Å². The van der Waals surface area contributed by atoms with Crippen molar-refractivity contribution >= 4 is 39.5 Å². The lowest BCUT2D eigenvalue weighted by molar-refractivity contribution is -0.161. The van der Waals surface area contributed by atoms with Crippen LogP contribution in [0.2, 0.25) is 0 Å². The molecule has 0 aliphatic carbocycles. The highest BCUT2D eigenvalue weighted by atomic mass is 31.2. The van der Waals surface area contributed by atoms with Crippen LogP contribution in [-0.2, 0) is 65.4 Å². The topological polar surface area (TPSA) is 237 Å². The van der Waals surface area contributed by atoms with Gasteiger partial charge >= 0.3 is 39.5 Å². The van der Waals surface area contributed by atoms with E-state index in [0.717, 1.165) is 114 Å². The summed E-state index contributed by atoms with van der Waals surface area (Å²) in [6.07, 6.45) is 55.6. The van der Waals surface area contributed by atoms with Crippen molar-refractivity contribution in [3.8, 4) is 0 Å². The fourth-order valence-electron chi connectivity index (χ4n) is 12.2. The van der Waals surface area contributed by atoms with E-state index in [2.05, 4.69) is 55.4 Å². The average molecular weight is 1450 g/mol. The molecule has 0 aromatic carbocycles. The number of unbranched alkanes of at least 4 members (excludes halogenated alkanes) is 41. The van der Waals surface area contributed by atoms with E-state index in [9.17, 15) is 43.2 Å². The predicted octanol–water partition coefficient (Wildman–Crippen LogP) is 23.6. The van der Waals surface area contributed by atoms with Gasteiger partial charge in [0, 0.05) is 25.7 Å². The fourth-order valence-corrected chi connectivity index (χ4v) is 13.8. The number of esters is 4. The molecule has 0 aliphatic rings. The third-order valence-electron chi connectivity index (χ3n) is 19.3. The van der Waals surface area contributed by atoms with Gasteiger partial charge in [-0.1, -0.05) is 357 Å². The molecule has 0 spiro atoms. The zero-order valence-corrected chi connectivity index (χ0v) is 66.9. The smallest absolute Gasteiger partial charge is 0.462 e. The predicted molar refractivity (Wildman–Crippen MR) is 404 cm³/mol. The Kier molecular flexibility index (Phi) is 67.8. The Morgan fingerprint density at radius 2 is 0.485 bits per heavy atom. The molecule has 5 unspecified atom stereocenters. The largest absolute Gasteiger partial charge is 0.472 e. The summed E-state index contributed by atoms with van der Waals surface area (Å²) < 4.78 is 68.6. The van der Waals surface area contributed by atoms with Crippen LogP contribution in [0.1, 0.15) is 409 Å². The van der Waals surface area contributed by atoms with Gasteiger partial charge in [-0.25, -0.2) is 9.13 Å². The number of phosphoric ester groups is 2. The summed E-state index contributed by atoms with van der Waals surface area (Å²) in [7, 11) is -9.92. The van der Waals surface area contributed by atoms with E-state index < -0.39 is 97.5 Å². The number of rotatable bonds is 77. The summed E-state index contributed by atoms with van der Waals surface area (Å²) in [5.74, 6) is 1.01. The van der Waals surface area contributed by atoms with Crippen LogP contribution >= 0.6 is 15.6 Å². The molecule has 19 heteroatoms. The third-order valence-corrected chi connectivity index (χ3v) is 21.2. The molecule has 7 atom stereocenters. The second-order valence-corrected chi connectivity index (χ2v) is 33.1. The van der Waals surface area contributed by atoms with Crippen LogP contribution < -0.4 is 0 Å². The van der Waals surface area contributed by atoms with Crippen LogP contribution in [0.5, 0.6) is 0 Å². The van der Waals surface area contributed by atoms with Crippen molar-refractivity contribution in [2.75, 3.05) is 39.6 Å². The number of hydrogen-bond donors (Lipinski definition) is 3. The van der Waals surface area contributed by atoms with Crippen LogP contribution in [0.4, 0.5) is 0 Å². The summed E-state index contributed by atoms with van der Waals surface area (Å²) >= 11 is 0. The van der Waals surface area contributed by atoms with E-state index in [4.69, 9.17) is 37.0 Å². The molecule has 0 heterocycles. The molecule has 99 heavy (non-hydrogen) atoms. The van der Waals surface area contributed by atoms with Crippen molar-refractivity contribution in [3.63, 3.8) is 0 Å². The van der Waals surface area contributed by atoms with E-state index in [1.807, 2.05) is 0 Å². The van der Waals surface area contributed by atoms with Gasteiger partial charge < -0.3 is 33.8 Å². The lowest BCUT2D eigenvalue weighted by Crippen LogP contribution is -2.30. The molecule has 0 radical (unpaired) electrons. The summed E-state index contributed by atoms with van der Waals surface area (Å²) in [6, 6.07) is 0. The van der Waals surface area contributed by atoms with Gasteiger partial charge in [-0.15, -0.1) is 0 Å². The Balaban J connectivity index is 5.19. The Morgan fingerprint density at radius 3 is 0.717 bits per heavy atom. The lowest BCUT2D eigenvalue weighted by Gasteiger charge is -2.21. The maximum absolute atomic E-state index is 13.1. The molecule has 0 bridgehead atoms. The van der Waals surface area contributed by atoms with E-state index in [-0.39, 0.29) is 25.7 Å². The minimum absolute atomic E-state index is 0.104. The number of ether oxygens (including phenoxy) is 4. The van der Waals surface area contributed by atoms with Crippen LogP contribution in [0.3, 0.4) is 0 Å². The summed E-state index contributed by atoms with van der Waals surface area (Å²) in [6.45, 7) is 14.2. The minimum Gasteiger partial charge on any atom is -0.462 e. The standard InChI is InChI=1S/C80H156O17P2/c1-9-72(7)58-50-42-34-26-22-17-15-13-11-12-14-16-18-23-27-36-44-52-60-77(82)90-66-75(96-79(84)62-54-46-37-28-24-20-19-21-25-32-40-48-56-70(3)4)68-94-98(86,87)92-64-74(81)65-93-99(88,89)95-69-76(67-91-78(83)61-53-45-39-31-33-41-49-57-71(5)6)97-80(85)63-55-47-38-30-29-35-43-51-59-73(8)10-2/h70-76,81H,9-69H2,1-8H3,(H,86,87)(H,88,89)/t72?,73?,74?,75-,76-/m1/s1. The second-order valence-electron chi connectivity index (χ2n) is 30.2. The fraction of sp³-hybridized carbons (Fsp3) is 0.950. The van der Waals surface area contributed by atoms with Gasteiger partial charge in [0.2, 0.25) is 0 Å². The molecule has 0 aromatic rings. The molecule has 0 aromatic heterocycles. The molecule has 0 fully saturated rings. The van der Waals surface area contributed by atoms with Crippen molar-refractivity contribution in [1.29, 1.82) is 0 Å². The van der Waals surface area contributed by atoms with Gasteiger partial charge in [0.1, 0.15) is 19.3 Å². The average Bonchev–Trinajstić information content (AvgIpc) is 0.997. The van der Waals surface area contributed by atoms with E-state index >= 15 is 0 Å². The van der Waals surface area contributed by atoms with Crippen molar-refractivity contribution in [2.24, 2.45) is 23.7 Å². The maximum atomic E-state index is 13.1. The second kappa shape index (κ2) is 69.1. The number of carbonyl (C=O) groups excluding carboxylic acids is 4. The van der Waals surface area contributed by atoms with E-state index in [1.165, 1.54) is 205 Å². The lowest BCUT2D eigenvalue weighted by atomic mass is 9.99. The molecular weight excluding hydrogens is 1290 g/mol. The molecule has 0 rings (SSSR count). The van der Waals surface area contributed by atoms with Gasteiger partial charge in [-0.05, 0) is 49.4 Å². The zero-order chi connectivity index (χ0) is 73.1. The molecule has 588 valence electrons. The number of carbonyl (C=O) groups is 4. The monoisotopic (exact) mass is 1450 g/mol. The Morgan fingerprint density at radius 1 is 0.283 bits per heavy atom. The first kappa shape index (κ1) is 97.1. The van der Waals surface area contributed by atoms with Gasteiger partial charge in [0.25, 0.3) is 0 Å². The summed E-state index contributed by atoms with van der Waals surface area (Å²) in [4.78, 5) is 72.9. The van der Waals surface area contributed by atoms with E-state index in [1.54, 1.807) is 0 Å². The van der Waals surface area contributed by atoms with Gasteiger partial charge in [0.15, 0.2) is 12.2 Å². The van der Waals surface area contributed by atoms with Crippen molar-refractivity contribution in [3.05, 3.63) is 0 Å². The molecule has 3 N–H and O–H groups in total. The number of aliphatic hydroxyl groups excluding tert-OH is 1. The van der Waals surface area contributed by atoms with Crippen molar-refractivity contribution in [2.45, 2.75) is 427 Å². The van der Waals surface area contributed by atoms with Gasteiger partial charge in [0.05, 0.1) is 26.4 Å². The van der Waals surface area contributed by atoms with Gasteiger partial charge in [-0.2, -0.15) is 0 Å². The van der Waals surface area contributed by atoms with Crippen LogP contribution in [-0.4, -0.2) is 96.7 Å². The van der Waals surface area contributed by atoms with Crippen LogP contribution in [0.25, 0.3) is 0 Å². The highest BCUT2D eigenvalue weighted by Gasteiger charge is 2.30. The van der Waals surface area contributed by atoms with E-state index in [0.29, 0.717) is 31.6 Å². The maximum Gasteiger partial charge on any atom is 0.472 e.